The number of hydrogen-bond acceptors (Lipinski definition) is 4. The number of rotatable bonds is 5. The second-order valence-electron chi connectivity index (χ2n) is 7.17. The lowest BCUT2D eigenvalue weighted by Crippen LogP contribution is -2.53. The number of benzene rings is 1. The minimum atomic E-state index is -0.146. The van der Waals surface area contributed by atoms with Gasteiger partial charge >= 0.3 is 0 Å². The lowest BCUT2D eigenvalue weighted by Gasteiger charge is -2.37. The summed E-state index contributed by atoms with van der Waals surface area (Å²) in [6.45, 7) is 4.42. The number of ether oxygens (including phenoxy) is 2. The molecule has 0 atom stereocenters. The van der Waals surface area contributed by atoms with Gasteiger partial charge in [-0.15, -0.1) is 0 Å². The van der Waals surface area contributed by atoms with Gasteiger partial charge in [0.05, 0.1) is 5.60 Å². The summed E-state index contributed by atoms with van der Waals surface area (Å²) in [6.07, 6.45) is 4.06. The maximum atomic E-state index is 5.79. The van der Waals surface area contributed by atoms with E-state index in [2.05, 4.69) is 50.9 Å². The van der Waals surface area contributed by atoms with Crippen molar-refractivity contribution in [2.45, 2.75) is 37.3 Å². The molecule has 0 aliphatic carbocycles. The van der Waals surface area contributed by atoms with E-state index in [4.69, 9.17) is 9.47 Å². The van der Waals surface area contributed by atoms with Crippen molar-refractivity contribution in [2.75, 3.05) is 51.9 Å². The van der Waals surface area contributed by atoms with Crippen LogP contribution in [0.4, 0.5) is 5.69 Å². The third-order valence-corrected chi connectivity index (χ3v) is 5.60. The summed E-state index contributed by atoms with van der Waals surface area (Å²) in [6, 6.07) is 11.1. The Morgan fingerprint density at radius 2 is 1.92 bits per heavy atom. The maximum Gasteiger partial charge on any atom is 0.191 e. The molecule has 0 spiro atoms. The maximum absolute atomic E-state index is 5.79. The summed E-state index contributed by atoms with van der Waals surface area (Å²) < 4.78 is 11.3. The molecule has 2 saturated heterocycles. The van der Waals surface area contributed by atoms with Crippen LogP contribution in [0.2, 0.25) is 0 Å². The van der Waals surface area contributed by atoms with E-state index in [1.807, 2.05) is 7.05 Å². The Bertz CT molecular complexity index is 564. The fraction of sp³-hybridized carbons (Fsp3) is 0.650. The van der Waals surface area contributed by atoms with Gasteiger partial charge in [-0.1, -0.05) is 18.2 Å². The molecule has 2 aliphatic heterocycles. The van der Waals surface area contributed by atoms with Crippen molar-refractivity contribution in [2.24, 2.45) is 4.99 Å². The molecule has 2 heterocycles. The Labute approximate surface area is 157 Å². The number of piperidine rings is 1. The summed E-state index contributed by atoms with van der Waals surface area (Å²) in [5, 5.41) is 7.05. The Morgan fingerprint density at radius 3 is 2.54 bits per heavy atom. The topological polar surface area (TPSA) is 58.1 Å². The predicted octanol–water partition coefficient (Wildman–Crippen LogP) is 2.02. The van der Waals surface area contributed by atoms with Gasteiger partial charge in [0.1, 0.15) is 0 Å². The molecular weight excluding hydrogens is 328 g/mol. The van der Waals surface area contributed by atoms with Crippen LogP contribution in [0.15, 0.2) is 35.3 Å². The first kappa shape index (κ1) is 19.0. The highest BCUT2D eigenvalue weighted by Gasteiger charge is 2.32. The summed E-state index contributed by atoms with van der Waals surface area (Å²) in [4.78, 5) is 6.86. The molecule has 6 heteroatoms. The van der Waals surface area contributed by atoms with E-state index in [0.29, 0.717) is 6.04 Å². The fourth-order valence-electron chi connectivity index (χ4n) is 3.75. The normalized spacial score (nSPS) is 21.5. The third kappa shape index (κ3) is 4.89. The molecule has 0 amide bonds. The molecule has 0 bridgehead atoms. The number of methoxy groups -OCH3 is 1. The number of para-hydroxylation sites is 1. The van der Waals surface area contributed by atoms with Crippen molar-refractivity contribution >= 4 is 11.6 Å². The summed E-state index contributed by atoms with van der Waals surface area (Å²) >= 11 is 0. The Balaban J connectivity index is 1.45. The quantitative estimate of drug-likeness (QED) is 0.621. The van der Waals surface area contributed by atoms with E-state index in [0.717, 1.165) is 64.5 Å². The molecule has 2 fully saturated rings. The minimum absolute atomic E-state index is 0.146. The van der Waals surface area contributed by atoms with Crippen LogP contribution < -0.4 is 15.5 Å². The van der Waals surface area contributed by atoms with Gasteiger partial charge in [-0.05, 0) is 25.0 Å². The Hall–Kier alpha value is -1.79. The number of nitrogens with one attached hydrogen (secondary N) is 2. The van der Waals surface area contributed by atoms with E-state index in [9.17, 15) is 0 Å². The molecule has 0 saturated carbocycles. The van der Waals surface area contributed by atoms with Crippen LogP contribution in [0.25, 0.3) is 0 Å². The zero-order valence-corrected chi connectivity index (χ0v) is 16.0. The molecule has 144 valence electrons. The van der Waals surface area contributed by atoms with Gasteiger partial charge in [-0.25, -0.2) is 0 Å². The van der Waals surface area contributed by atoms with Crippen LogP contribution in [-0.4, -0.2) is 64.6 Å². The number of aliphatic imine (C=N–C) groups is 1. The van der Waals surface area contributed by atoms with E-state index < -0.39 is 0 Å². The van der Waals surface area contributed by atoms with E-state index in [1.54, 1.807) is 7.11 Å². The van der Waals surface area contributed by atoms with Crippen LogP contribution in [0, 0.1) is 0 Å². The molecule has 2 N–H and O–H groups in total. The molecule has 6 nitrogen and oxygen atoms in total. The number of nitrogens with zero attached hydrogens (tertiary/aromatic N) is 2. The predicted molar refractivity (Wildman–Crippen MR) is 106 cm³/mol. The van der Waals surface area contributed by atoms with Crippen LogP contribution in [0.1, 0.15) is 25.7 Å². The van der Waals surface area contributed by atoms with Crippen molar-refractivity contribution < 1.29 is 9.47 Å². The van der Waals surface area contributed by atoms with Gasteiger partial charge in [0.15, 0.2) is 5.96 Å². The molecule has 26 heavy (non-hydrogen) atoms. The van der Waals surface area contributed by atoms with Gasteiger partial charge in [0.25, 0.3) is 0 Å². The van der Waals surface area contributed by atoms with Gasteiger partial charge in [0.2, 0.25) is 0 Å². The average molecular weight is 361 g/mol. The van der Waals surface area contributed by atoms with Gasteiger partial charge in [-0.3, -0.25) is 4.99 Å². The molecule has 1 aromatic carbocycles. The highest BCUT2D eigenvalue weighted by atomic mass is 16.5. The van der Waals surface area contributed by atoms with Crippen LogP contribution in [-0.2, 0) is 9.47 Å². The second-order valence-corrected chi connectivity index (χ2v) is 7.17. The zero-order valence-electron chi connectivity index (χ0n) is 16.0. The van der Waals surface area contributed by atoms with Crippen molar-refractivity contribution in [3.63, 3.8) is 0 Å². The molecule has 0 radical (unpaired) electrons. The first-order valence-corrected chi connectivity index (χ1v) is 9.65. The molecular formula is C20H32N4O2. The van der Waals surface area contributed by atoms with E-state index in [-0.39, 0.29) is 5.60 Å². The molecule has 3 rings (SSSR count). The van der Waals surface area contributed by atoms with Crippen molar-refractivity contribution in [1.29, 1.82) is 0 Å². The van der Waals surface area contributed by atoms with Gasteiger partial charge in [-0.2, -0.15) is 0 Å². The first-order chi connectivity index (χ1) is 12.7. The van der Waals surface area contributed by atoms with Crippen LogP contribution in [0.5, 0.6) is 0 Å². The van der Waals surface area contributed by atoms with Crippen molar-refractivity contribution in [3.05, 3.63) is 30.3 Å². The summed E-state index contributed by atoms with van der Waals surface area (Å²) in [5.41, 5.74) is 1.17. The number of hydrogen-bond donors (Lipinski definition) is 2. The SMILES string of the molecule is CN=C(NCC1(OC)CCOCC1)NC1CCN(c2ccccc2)CC1. The zero-order chi connectivity index (χ0) is 18.2. The smallest absolute Gasteiger partial charge is 0.191 e. The molecule has 0 unspecified atom stereocenters. The van der Waals surface area contributed by atoms with Crippen molar-refractivity contribution in [1.82, 2.24) is 10.6 Å². The minimum Gasteiger partial charge on any atom is -0.381 e. The Morgan fingerprint density at radius 1 is 1.23 bits per heavy atom. The Kier molecular flexibility index (Phi) is 6.74. The summed E-state index contributed by atoms with van der Waals surface area (Å²) in [7, 11) is 3.63. The lowest BCUT2D eigenvalue weighted by atomic mass is 9.94. The van der Waals surface area contributed by atoms with Crippen LogP contribution >= 0.6 is 0 Å². The number of guanidine groups is 1. The van der Waals surface area contributed by atoms with Gasteiger partial charge in [0, 0.05) is 71.6 Å². The fourth-order valence-corrected chi connectivity index (χ4v) is 3.75. The highest BCUT2D eigenvalue weighted by Crippen LogP contribution is 2.23. The lowest BCUT2D eigenvalue weighted by molar-refractivity contribution is -0.0855. The monoisotopic (exact) mass is 360 g/mol. The molecule has 1 aromatic rings. The van der Waals surface area contributed by atoms with Crippen molar-refractivity contribution in [3.8, 4) is 0 Å². The summed E-state index contributed by atoms with van der Waals surface area (Å²) in [5.74, 6) is 0.867. The number of anilines is 1. The largest absolute Gasteiger partial charge is 0.381 e. The average Bonchev–Trinajstić information content (AvgIpc) is 2.73. The molecule has 0 aromatic heterocycles. The molecule has 2 aliphatic rings. The highest BCUT2D eigenvalue weighted by molar-refractivity contribution is 5.80. The van der Waals surface area contributed by atoms with E-state index >= 15 is 0 Å². The van der Waals surface area contributed by atoms with E-state index in [1.165, 1.54) is 5.69 Å². The first-order valence-electron chi connectivity index (χ1n) is 9.65. The standard InChI is InChI=1S/C20H32N4O2/c1-21-19(22-16-20(25-2)10-14-26-15-11-20)23-17-8-12-24(13-9-17)18-6-4-3-5-7-18/h3-7,17H,8-16H2,1-2H3,(H2,21,22,23). The van der Waals surface area contributed by atoms with Crippen LogP contribution in [0.3, 0.4) is 0 Å². The second kappa shape index (κ2) is 9.24. The third-order valence-electron chi connectivity index (χ3n) is 5.60. The van der Waals surface area contributed by atoms with Gasteiger partial charge < -0.3 is 25.0 Å².